The highest BCUT2D eigenvalue weighted by atomic mass is 35.5. The third kappa shape index (κ3) is 1.18. The minimum atomic E-state index is -0.366. The van der Waals surface area contributed by atoms with E-state index in [4.69, 9.17) is 20.4 Å². The molecule has 0 amide bonds. The molecular formula is C12H7ClO3. The predicted molar refractivity (Wildman–Crippen MR) is 62.0 cm³/mol. The molecule has 0 aliphatic carbocycles. The van der Waals surface area contributed by atoms with Gasteiger partial charge in [-0.2, -0.15) is 0 Å². The Morgan fingerprint density at radius 1 is 1.19 bits per heavy atom. The van der Waals surface area contributed by atoms with E-state index in [-0.39, 0.29) is 5.63 Å². The molecule has 0 saturated carbocycles. The molecule has 16 heavy (non-hydrogen) atoms. The van der Waals surface area contributed by atoms with Gasteiger partial charge in [-0.05, 0) is 24.6 Å². The summed E-state index contributed by atoms with van der Waals surface area (Å²) < 4.78 is 10.4. The van der Waals surface area contributed by atoms with E-state index < -0.39 is 0 Å². The topological polar surface area (TPSA) is 43.4 Å². The van der Waals surface area contributed by atoms with Crippen LogP contribution in [0.25, 0.3) is 21.9 Å². The zero-order valence-corrected chi connectivity index (χ0v) is 9.17. The van der Waals surface area contributed by atoms with Crippen molar-refractivity contribution in [2.75, 3.05) is 0 Å². The Balaban J connectivity index is 2.69. The number of furan rings is 1. The summed E-state index contributed by atoms with van der Waals surface area (Å²) in [7, 11) is 0. The highest BCUT2D eigenvalue weighted by molar-refractivity contribution is 6.36. The molecule has 0 atom stereocenters. The summed E-state index contributed by atoms with van der Waals surface area (Å²) >= 11 is 6.08. The number of rotatable bonds is 0. The number of hydrogen-bond donors (Lipinski definition) is 0. The number of aryl methyl sites for hydroxylation is 1. The van der Waals surface area contributed by atoms with E-state index in [9.17, 15) is 4.79 Å². The van der Waals surface area contributed by atoms with Crippen molar-refractivity contribution in [1.29, 1.82) is 0 Å². The maximum Gasteiger partial charge on any atom is 0.336 e. The van der Waals surface area contributed by atoms with Crippen molar-refractivity contribution in [3.8, 4) is 0 Å². The van der Waals surface area contributed by atoms with Crippen molar-refractivity contribution in [1.82, 2.24) is 0 Å². The number of benzene rings is 1. The van der Waals surface area contributed by atoms with Crippen LogP contribution in [-0.2, 0) is 0 Å². The number of fused-ring (bicyclic) bond motifs is 3. The van der Waals surface area contributed by atoms with Gasteiger partial charge in [-0.1, -0.05) is 11.6 Å². The minimum Gasteiger partial charge on any atom is -0.463 e. The summed E-state index contributed by atoms with van der Waals surface area (Å²) in [5.41, 5.74) is 1.55. The van der Waals surface area contributed by atoms with Gasteiger partial charge >= 0.3 is 5.63 Å². The molecule has 1 aromatic carbocycles. The molecule has 0 radical (unpaired) electrons. The standard InChI is InChI=1S/C12H7ClO3/c1-6-4-10(14)16-11-7-2-3-15-12(7)9(13)5-8(6)11/h2-5H,1H3. The third-order valence-electron chi connectivity index (χ3n) is 2.60. The monoisotopic (exact) mass is 234 g/mol. The predicted octanol–water partition coefficient (Wildman–Crippen LogP) is 3.50. The van der Waals surface area contributed by atoms with Crippen LogP contribution in [0.1, 0.15) is 5.56 Å². The van der Waals surface area contributed by atoms with Gasteiger partial charge in [0.05, 0.1) is 16.7 Å². The van der Waals surface area contributed by atoms with Gasteiger partial charge in [-0.15, -0.1) is 0 Å². The Hall–Kier alpha value is -1.74. The first-order valence-corrected chi connectivity index (χ1v) is 5.15. The average Bonchev–Trinajstić information content (AvgIpc) is 2.69. The van der Waals surface area contributed by atoms with Gasteiger partial charge in [0.25, 0.3) is 0 Å². The van der Waals surface area contributed by atoms with Crippen LogP contribution in [0.15, 0.2) is 38.1 Å². The molecular weight excluding hydrogens is 228 g/mol. The molecule has 0 bridgehead atoms. The van der Waals surface area contributed by atoms with E-state index in [1.165, 1.54) is 12.3 Å². The quantitative estimate of drug-likeness (QED) is 0.559. The molecule has 0 aliphatic heterocycles. The number of halogens is 1. The second kappa shape index (κ2) is 3.12. The first-order valence-electron chi connectivity index (χ1n) is 4.77. The molecule has 2 aromatic heterocycles. The smallest absolute Gasteiger partial charge is 0.336 e. The van der Waals surface area contributed by atoms with Gasteiger partial charge in [-0.25, -0.2) is 4.79 Å². The first kappa shape index (κ1) is 9.48. The average molecular weight is 235 g/mol. The lowest BCUT2D eigenvalue weighted by Crippen LogP contribution is -1.97. The molecule has 0 unspecified atom stereocenters. The molecule has 80 valence electrons. The maximum atomic E-state index is 11.3. The maximum absolute atomic E-state index is 11.3. The van der Waals surface area contributed by atoms with Gasteiger partial charge in [0.15, 0.2) is 5.58 Å². The minimum absolute atomic E-state index is 0.366. The van der Waals surface area contributed by atoms with Crippen molar-refractivity contribution in [2.24, 2.45) is 0 Å². The van der Waals surface area contributed by atoms with Crippen LogP contribution in [0.4, 0.5) is 0 Å². The Bertz CT molecular complexity index is 752. The summed E-state index contributed by atoms with van der Waals surface area (Å²) in [4.78, 5) is 11.3. The Morgan fingerprint density at radius 3 is 2.81 bits per heavy atom. The van der Waals surface area contributed by atoms with Crippen molar-refractivity contribution in [3.05, 3.63) is 45.5 Å². The summed E-state index contributed by atoms with van der Waals surface area (Å²) in [5, 5.41) is 2.08. The zero-order chi connectivity index (χ0) is 11.3. The van der Waals surface area contributed by atoms with E-state index in [0.29, 0.717) is 16.2 Å². The van der Waals surface area contributed by atoms with E-state index >= 15 is 0 Å². The fourth-order valence-corrected chi connectivity index (χ4v) is 2.12. The molecule has 3 nitrogen and oxygen atoms in total. The Labute approximate surface area is 95.2 Å². The first-order chi connectivity index (χ1) is 7.66. The van der Waals surface area contributed by atoms with Crippen molar-refractivity contribution >= 4 is 33.5 Å². The lowest BCUT2D eigenvalue weighted by molar-refractivity contribution is 0.562. The van der Waals surface area contributed by atoms with Crippen LogP contribution >= 0.6 is 11.6 Å². The lowest BCUT2D eigenvalue weighted by atomic mass is 10.1. The van der Waals surface area contributed by atoms with Crippen LogP contribution in [0.3, 0.4) is 0 Å². The summed E-state index contributed by atoms with van der Waals surface area (Å²) in [6.07, 6.45) is 1.53. The molecule has 4 heteroatoms. The molecule has 3 rings (SSSR count). The second-order valence-corrected chi connectivity index (χ2v) is 4.05. The van der Waals surface area contributed by atoms with E-state index in [1.54, 1.807) is 12.1 Å². The van der Waals surface area contributed by atoms with Crippen LogP contribution < -0.4 is 5.63 Å². The van der Waals surface area contributed by atoms with Crippen LogP contribution in [0.5, 0.6) is 0 Å². The van der Waals surface area contributed by atoms with Gasteiger partial charge in [0.1, 0.15) is 5.58 Å². The molecule has 0 spiro atoms. The molecule has 0 fully saturated rings. The van der Waals surface area contributed by atoms with Crippen molar-refractivity contribution in [3.63, 3.8) is 0 Å². The molecule has 0 N–H and O–H groups in total. The fourth-order valence-electron chi connectivity index (χ4n) is 1.86. The zero-order valence-electron chi connectivity index (χ0n) is 8.41. The lowest BCUT2D eigenvalue weighted by Gasteiger charge is -2.02. The van der Waals surface area contributed by atoms with Crippen LogP contribution in [0.2, 0.25) is 5.02 Å². The Kier molecular flexibility index (Phi) is 1.85. The van der Waals surface area contributed by atoms with Crippen molar-refractivity contribution < 1.29 is 8.83 Å². The highest BCUT2D eigenvalue weighted by Gasteiger charge is 2.12. The molecule has 3 aromatic rings. The summed E-state index contributed by atoms with van der Waals surface area (Å²) in [6, 6.07) is 4.94. The highest BCUT2D eigenvalue weighted by Crippen LogP contribution is 2.32. The van der Waals surface area contributed by atoms with Crippen LogP contribution in [0, 0.1) is 6.92 Å². The largest absolute Gasteiger partial charge is 0.463 e. The summed E-state index contributed by atoms with van der Waals surface area (Å²) in [5.74, 6) is 0. The third-order valence-corrected chi connectivity index (χ3v) is 2.89. The van der Waals surface area contributed by atoms with Gasteiger partial charge < -0.3 is 8.83 Å². The van der Waals surface area contributed by atoms with Gasteiger partial charge in [-0.3, -0.25) is 0 Å². The van der Waals surface area contributed by atoms with Crippen LogP contribution in [-0.4, -0.2) is 0 Å². The normalized spacial score (nSPS) is 11.4. The van der Waals surface area contributed by atoms with Gasteiger partial charge in [0, 0.05) is 11.5 Å². The fraction of sp³-hybridized carbons (Fsp3) is 0.0833. The van der Waals surface area contributed by atoms with Crippen molar-refractivity contribution in [2.45, 2.75) is 6.92 Å². The van der Waals surface area contributed by atoms with E-state index in [0.717, 1.165) is 16.3 Å². The molecule has 2 heterocycles. The summed E-state index contributed by atoms with van der Waals surface area (Å²) in [6.45, 7) is 1.85. The van der Waals surface area contributed by atoms with E-state index in [1.807, 2.05) is 6.92 Å². The SMILES string of the molecule is Cc1cc(=O)oc2c1cc(Cl)c1occc12. The second-order valence-electron chi connectivity index (χ2n) is 3.65. The number of hydrogen-bond acceptors (Lipinski definition) is 3. The molecule has 0 saturated heterocycles. The van der Waals surface area contributed by atoms with Gasteiger partial charge in [0.2, 0.25) is 0 Å². The van der Waals surface area contributed by atoms with E-state index in [2.05, 4.69) is 0 Å². The molecule has 0 aliphatic rings. The Morgan fingerprint density at radius 2 is 2.00 bits per heavy atom.